The average Bonchev–Trinajstić information content (AvgIpc) is 3.05. The summed E-state index contributed by atoms with van der Waals surface area (Å²) in [6.45, 7) is 4.79. The second-order valence-electron chi connectivity index (χ2n) is 6.30. The van der Waals surface area contributed by atoms with Crippen LogP contribution in [0.4, 0.5) is 0 Å². The maximum Gasteiger partial charge on any atom is 0.235 e. The first-order valence-corrected chi connectivity index (χ1v) is 8.02. The monoisotopic (exact) mass is 282 g/mol. The Labute approximate surface area is 121 Å². The first-order chi connectivity index (χ1) is 9.00. The molecule has 1 heterocycles. The van der Waals surface area contributed by atoms with E-state index in [1.165, 1.54) is 25.7 Å². The molecule has 19 heavy (non-hydrogen) atoms. The molecule has 1 aliphatic heterocycles. The van der Waals surface area contributed by atoms with Crippen LogP contribution in [0.5, 0.6) is 0 Å². The zero-order chi connectivity index (χ0) is 14.0. The highest BCUT2D eigenvalue weighted by molar-refractivity contribution is 7.80. The predicted octanol–water partition coefficient (Wildman–Crippen LogP) is 2.87. The summed E-state index contributed by atoms with van der Waals surface area (Å²) in [6.07, 6.45) is 8.19. The SMILES string of the molecule is CCC(C)(C(=O)N1CCCC1C1CCCC1)C(N)=S. The van der Waals surface area contributed by atoms with Crippen molar-refractivity contribution >= 4 is 23.1 Å². The lowest BCUT2D eigenvalue weighted by molar-refractivity contribution is -0.139. The summed E-state index contributed by atoms with van der Waals surface area (Å²) in [5, 5.41) is 0. The van der Waals surface area contributed by atoms with Gasteiger partial charge in [-0.25, -0.2) is 0 Å². The van der Waals surface area contributed by atoms with Gasteiger partial charge >= 0.3 is 0 Å². The number of nitrogens with zero attached hydrogens (tertiary/aromatic N) is 1. The van der Waals surface area contributed by atoms with Gasteiger partial charge in [0.2, 0.25) is 5.91 Å². The lowest BCUT2D eigenvalue weighted by Crippen LogP contribution is -2.51. The van der Waals surface area contributed by atoms with E-state index in [1.807, 2.05) is 13.8 Å². The van der Waals surface area contributed by atoms with Gasteiger partial charge in [0.05, 0.1) is 10.4 Å². The zero-order valence-corrected chi connectivity index (χ0v) is 13.0. The molecule has 1 saturated heterocycles. The number of nitrogens with two attached hydrogens (primary N) is 1. The molecule has 2 fully saturated rings. The summed E-state index contributed by atoms with van der Waals surface area (Å²) in [4.78, 5) is 15.3. The van der Waals surface area contributed by atoms with Crippen molar-refractivity contribution in [1.82, 2.24) is 4.90 Å². The van der Waals surface area contributed by atoms with E-state index in [1.54, 1.807) is 0 Å². The quantitative estimate of drug-likeness (QED) is 0.807. The molecule has 0 aromatic rings. The maximum atomic E-state index is 12.9. The lowest BCUT2D eigenvalue weighted by Gasteiger charge is -2.36. The largest absolute Gasteiger partial charge is 0.392 e. The van der Waals surface area contributed by atoms with E-state index in [2.05, 4.69) is 4.90 Å². The van der Waals surface area contributed by atoms with Crippen LogP contribution in [-0.4, -0.2) is 28.4 Å². The summed E-state index contributed by atoms with van der Waals surface area (Å²) >= 11 is 5.14. The van der Waals surface area contributed by atoms with Crippen LogP contribution in [0.1, 0.15) is 58.8 Å². The molecule has 1 aliphatic carbocycles. The number of hydrogen-bond donors (Lipinski definition) is 1. The number of hydrogen-bond acceptors (Lipinski definition) is 2. The number of rotatable bonds is 4. The second-order valence-corrected chi connectivity index (χ2v) is 6.74. The van der Waals surface area contributed by atoms with Crippen LogP contribution in [0, 0.1) is 11.3 Å². The Morgan fingerprint density at radius 1 is 1.32 bits per heavy atom. The Morgan fingerprint density at radius 2 is 1.95 bits per heavy atom. The molecule has 108 valence electrons. The molecule has 0 spiro atoms. The molecule has 2 unspecified atom stereocenters. The molecule has 2 atom stereocenters. The van der Waals surface area contributed by atoms with Crippen LogP contribution in [0.15, 0.2) is 0 Å². The minimum Gasteiger partial charge on any atom is -0.392 e. The van der Waals surface area contributed by atoms with Crippen LogP contribution in [0.3, 0.4) is 0 Å². The molecule has 3 nitrogen and oxygen atoms in total. The lowest BCUT2D eigenvalue weighted by atomic mass is 9.84. The third-order valence-electron chi connectivity index (χ3n) is 5.23. The van der Waals surface area contributed by atoms with Crippen molar-refractivity contribution in [3.63, 3.8) is 0 Å². The Balaban J connectivity index is 2.15. The van der Waals surface area contributed by atoms with Gasteiger partial charge in [0.15, 0.2) is 0 Å². The fourth-order valence-corrected chi connectivity index (χ4v) is 3.86. The van der Waals surface area contributed by atoms with Crippen molar-refractivity contribution < 1.29 is 4.79 Å². The van der Waals surface area contributed by atoms with E-state index < -0.39 is 5.41 Å². The predicted molar refractivity (Wildman–Crippen MR) is 81.9 cm³/mol. The summed E-state index contributed by atoms with van der Waals surface area (Å²) in [6, 6.07) is 0.440. The van der Waals surface area contributed by atoms with Gasteiger partial charge in [-0.15, -0.1) is 0 Å². The fraction of sp³-hybridized carbons (Fsp3) is 0.867. The molecule has 0 radical (unpaired) electrons. The van der Waals surface area contributed by atoms with Crippen molar-refractivity contribution in [3.8, 4) is 0 Å². The summed E-state index contributed by atoms with van der Waals surface area (Å²) in [5.41, 5.74) is 5.18. The Kier molecular flexibility index (Phi) is 4.49. The smallest absolute Gasteiger partial charge is 0.235 e. The van der Waals surface area contributed by atoms with Crippen LogP contribution in [0.2, 0.25) is 0 Å². The van der Waals surface area contributed by atoms with Crippen LogP contribution in [-0.2, 0) is 4.79 Å². The molecule has 1 amide bonds. The summed E-state index contributed by atoms with van der Waals surface area (Å²) in [7, 11) is 0. The molecule has 0 aromatic heterocycles. The molecule has 1 saturated carbocycles. The average molecular weight is 282 g/mol. The third-order valence-corrected chi connectivity index (χ3v) is 5.68. The molecule has 2 aliphatic rings. The second kappa shape index (κ2) is 5.78. The number of carbonyl (C=O) groups excluding carboxylic acids is 1. The summed E-state index contributed by atoms with van der Waals surface area (Å²) in [5.74, 6) is 0.871. The molecule has 0 aromatic carbocycles. The minimum atomic E-state index is -0.656. The van der Waals surface area contributed by atoms with Gasteiger partial charge in [0, 0.05) is 12.6 Å². The Hall–Kier alpha value is -0.640. The van der Waals surface area contributed by atoms with E-state index in [4.69, 9.17) is 18.0 Å². The van der Waals surface area contributed by atoms with Gasteiger partial charge in [-0.1, -0.05) is 32.0 Å². The van der Waals surface area contributed by atoms with E-state index in [0.717, 1.165) is 19.4 Å². The van der Waals surface area contributed by atoms with Crippen LogP contribution < -0.4 is 5.73 Å². The van der Waals surface area contributed by atoms with Gasteiger partial charge in [0.25, 0.3) is 0 Å². The van der Waals surface area contributed by atoms with Gasteiger partial charge < -0.3 is 10.6 Å². The molecular weight excluding hydrogens is 256 g/mol. The van der Waals surface area contributed by atoms with Crippen molar-refractivity contribution in [1.29, 1.82) is 0 Å². The summed E-state index contributed by atoms with van der Waals surface area (Å²) < 4.78 is 0. The molecule has 4 heteroatoms. The van der Waals surface area contributed by atoms with Gasteiger partial charge in [-0.3, -0.25) is 4.79 Å². The Bertz CT molecular complexity index is 365. The number of amides is 1. The van der Waals surface area contributed by atoms with Crippen LogP contribution >= 0.6 is 12.2 Å². The van der Waals surface area contributed by atoms with E-state index in [9.17, 15) is 4.79 Å². The number of carbonyl (C=O) groups is 1. The maximum absolute atomic E-state index is 12.9. The number of likely N-dealkylation sites (tertiary alicyclic amines) is 1. The highest BCUT2D eigenvalue weighted by Gasteiger charge is 2.44. The molecule has 0 bridgehead atoms. The third kappa shape index (κ3) is 2.64. The molecule has 2 N–H and O–H groups in total. The first-order valence-electron chi connectivity index (χ1n) is 7.61. The normalized spacial score (nSPS) is 27.5. The van der Waals surface area contributed by atoms with Crippen molar-refractivity contribution in [3.05, 3.63) is 0 Å². The van der Waals surface area contributed by atoms with E-state index in [0.29, 0.717) is 23.4 Å². The Morgan fingerprint density at radius 3 is 2.47 bits per heavy atom. The standard InChI is InChI=1S/C15H26N2OS/c1-3-15(2,13(16)19)14(18)17-10-6-9-12(17)11-7-4-5-8-11/h11-12H,3-10H2,1-2H3,(H2,16,19). The van der Waals surface area contributed by atoms with Crippen molar-refractivity contribution in [2.24, 2.45) is 17.1 Å². The zero-order valence-electron chi connectivity index (χ0n) is 12.2. The van der Waals surface area contributed by atoms with Crippen molar-refractivity contribution in [2.75, 3.05) is 6.54 Å². The highest BCUT2D eigenvalue weighted by Crippen LogP contribution is 2.38. The minimum absolute atomic E-state index is 0.164. The molecule has 2 rings (SSSR count). The van der Waals surface area contributed by atoms with E-state index in [-0.39, 0.29) is 5.91 Å². The number of thiocarbonyl (C=S) groups is 1. The van der Waals surface area contributed by atoms with E-state index >= 15 is 0 Å². The fourth-order valence-electron chi connectivity index (χ4n) is 3.62. The van der Waals surface area contributed by atoms with Gasteiger partial charge in [0.1, 0.15) is 0 Å². The van der Waals surface area contributed by atoms with Gasteiger partial charge in [-0.2, -0.15) is 0 Å². The highest BCUT2D eigenvalue weighted by atomic mass is 32.1. The van der Waals surface area contributed by atoms with Gasteiger partial charge in [-0.05, 0) is 44.9 Å². The topological polar surface area (TPSA) is 46.3 Å². The first kappa shape index (κ1) is 14.8. The van der Waals surface area contributed by atoms with Crippen molar-refractivity contribution in [2.45, 2.75) is 64.8 Å². The van der Waals surface area contributed by atoms with Crippen LogP contribution in [0.25, 0.3) is 0 Å². The molecular formula is C15H26N2OS.